The predicted molar refractivity (Wildman–Crippen MR) is 198 cm³/mol. The Morgan fingerprint density at radius 2 is 1.26 bits per heavy atom. The Morgan fingerprint density at radius 1 is 0.755 bits per heavy atom. The van der Waals surface area contributed by atoms with Crippen molar-refractivity contribution >= 4 is 17.7 Å². The number of cyclic esters (lactones) is 1. The summed E-state index contributed by atoms with van der Waals surface area (Å²) in [4.78, 5) is 29.9. The van der Waals surface area contributed by atoms with Crippen molar-refractivity contribution in [2.75, 3.05) is 11.4 Å². The third-order valence-electron chi connectivity index (χ3n) is 9.44. The van der Waals surface area contributed by atoms with Crippen LogP contribution in [0, 0.1) is 0 Å². The highest BCUT2D eigenvalue weighted by molar-refractivity contribution is 5.95. The molecule has 0 unspecified atom stereocenters. The number of alkyl halides is 3. The molecule has 5 aromatic carbocycles. The molecule has 1 aliphatic heterocycles. The first-order valence-electron chi connectivity index (χ1n) is 17.7. The van der Waals surface area contributed by atoms with Crippen LogP contribution in [0.1, 0.15) is 34.2 Å². The summed E-state index contributed by atoms with van der Waals surface area (Å²) in [6, 6.07) is 43.1. The summed E-state index contributed by atoms with van der Waals surface area (Å²) in [5.74, 6) is -0.592. The van der Waals surface area contributed by atoms with Gasteiger partial charge in [0.05, 0.1) is 18.2 Å². The van der Waals surface area contributed by atoms with Crippen LogP contribution in [-0.4, -0.2) is 52.8 Å². The maximum absolute atomic E-state index is 13.8. The standard InChI is InChI=1S/C43H42F3N3O4/c44-43(45,46)35-22-13-23-37(26-35)49-30-40(53-42(49)52)41(51)47-36(24-31-14-5-1-6-15-31)27-39(50)38(25-32-16-7-2-8-17-32)48(28-33-18-9-3-10-19-33)29-34-20-11-4-12-21-34/h1-23,26,36,38-40,50H,24-25,27-30H2,(H,47,51)/t36-,38-,39-,40-/m0/s1. The molecule has 10 heteroatoms. The number of nitrogens with zero attached hydrogens (tertiary/aromatic N) is 2. The number of carbonyl (C=O) groups is 2. The van der Waals surface area contributed by atoms with Crippen molar-refractivity contribution in [3.63, 3.8) is 0 Å². The van der Waals surface area contributed by atoms with Crippen molar-refractivity contribution in [3.05, 3.63) is 173 Å². The zero-order chi connectivity index (χ0) is 37.2. The Bertz CT molecular complexity index is 1870. The van der Waals surface area contributed by atoms with E-state index in [1.165, 1.54) is 12.1 Å². The van der Waals surface area contributed by atoms with Gasteiger partial charge in [-0.25, -0.2) is 4.79 Å². The van der Waals surface area contributed by atoms with Gasteiger partial charge in [-0.3, -0.25) is 14.6 Å². The summed E-state index contributed by atoms with van der Waals surface area (Å²) in [5.41, 5.74) is 3.25. The van der Waals surface area contributed by atoms with Gasteiger partial charge in [-0.2, -0.15) is 13.2 Å². The molecule has 1 heterocycles. The summed E-state index contributed by atoms with van der Waals surface area (Å²) >= 11 is 0. The fourth-order valence-corrected chi connectivity index (χ4v) is 6.79. The van der Waals surface area contributed by atoms with E-state index in [4.69, 9.17) is 4.74 Å². The summed E-state index contributed by atoms with van der Waals surface area (Å²) in [6.07, 6.45) is -6.58. The van der Waals surface area contributed by atoms with Gasteiger partial charge >= 0.3 is 12.3 Å². The number of halogens is 3. The van der Waals surface area contributed by atoms with Crippen LogP contribution in [0.25, 0.3) is 0 Å². The lowest BCUT2D eigenvalue weighted by Gasteiger charge is -2.37. The molecule has 2 amide bonds. The highest BCUT2D eigenvalue weighted by atomic mass is 19.4. The summed E-state index contributed by atoms with van der Waals surface area (Å²) in [7, 11) is 0. The Kier molecular flexibility index (Phi) is 12.2. The van der Waals surface area contributed by atoms with Crippen LogP contribution in [0.3, 0.4) is 0 Å². The lowest BCUT2D eigenvalue weighted by Crippen LogP contribution is -2.50. The van der Waals surface area contributed by atoms with E-state index in [0.717, 1.165) is 39.3 Å². The minimum Gasteiger partial charge on any atom is -0.434 e. The average molecular weight is 722 g/mol. The molecule has 0 bridgehead atoms. The van der Waals surface area contributed by atoms with Gasteiger partial charge in [-0.15, -0.1) is 0 Å². The Hall–Kier alpha value is -5.45. The fraction of sp³-hybridized carbons (Fsp3) is 0.256. The van der Waals surface area contributed by atoms with E-state index in [1.807, 2.05) is 97.1 Å². The Morgan fingerprint density at radius 3 is 1.79 bits per heavy atom. The first kappa shape index (κ1) is 37.3. The van der Waals surface area contributed by atoms with Gasteiger partial charge in [0.2, 0.25) is 0 Å². The van der Waals surface area contributed by atoms with Gasteiger partial charge < -0.3 is 15.2 Å². The van der Waals surface area contributed by atoms with Crippen molar-refractivity contribution < 1.29 is 32.6 Å². The molecule has 0 spiro atoms. The van der Waals surface area contributed by atoms with Crippen molar-refractivity contribution in [1.29, 1.82) is 0 Å². The number of amides is 2. The number of carbonyl (C=O) groups excluding carboxylic acids is 2. The van der Waals surface area contributed by atoms with E-state index in [1.54, 1.807) is 0 Å². The van der Waals surface area contributed by atoms with Gasteiger partial charge in [0.25, 0.3) is 5.91 Å². The van der Waals surface area contributed by atoms with E-state index in [2.05, 4.69) is 34.5 Å². The molecule has 5 aromatic rings. The minimum absolute atomic E-state index is 0.0166. The topological polar surface area (TPSA) is 82.1 Å². The van der Waals surface area contributed by atoms with Crippen molar-refractivity contribution in [3.8, 4) is 0 Å². The molecular formula is C43H42F3N3O4. The number of aliphatic hydroxyl groups excluding tert-OH is 1. The maximum atomic E-state index is 13.8. The average Bonchev–Trinajstić information content (AvgIpc) is 3.56. The zero-order valence-electron chi connectivity index (χ0n) is 29.1. The van der Waals surface area contributed by atoms with Crippen molar-refractivity contribution in [2.24, 2.45) is 0 Å². The second-order valence-corrected chi connectivity index (χ2v) is 13.4. The SMILES string of the molecule is O=C(N[C@@H](Cc1ccccc1)C[C@H](O)[C@H](Cc1ccccc1)N(Cc1ccccc1)Cc1ccccc1)[C@@H]1CN(c2cccc(C(F)(F)F)c2)C(=O)O1. The number of anilines is 1. The monoisotopic (exact) mass is 721 g/mol. The molecule has 274 valence electrons. The molecule has 7 nitrogen and oxygen atoms in total. The third-order valence-corrected chi connectivity index (χ3v) is 9.44. The first-order valence-corrected chi connectivity index (χ1v) is 17.7. The van der Waals surface area contributed by atoms with Crippen LogP contribution in [-0.2, 0) is 41.6 Å². The number of rotatable bonds is 15. The molecule has 0 aromatic heterocycles. The molecule has 1 aliphatic rings. The number of benzene rings is 5. The summed E-state index contributed by atoms with van der Waals surface area (Å²) in [6.45, 7) is 0.887. The number of hydrogen-bond donors (Lipinski definition) is 2. The molecule has 4 atom stereocenters. The van der Waals surface area contributed by atoms with Gasteiger partial charge in [0.1, 0.15) is 0 Å². The quantitative estimate of drug-likeness (QED) is 0.115. The number of aliphatic hydroxyl groups is 1. The van der Waals surface area contributed by atoms with Crippen LogP contribution >= 0.6 is 0 Å². The number of hydrogen-bond acceptors (Lipinski definition) is 5. The van der Waals surface area contributed by atoms with Crippen LogP contribution in [0.15, 0.2) is 146 Å². The van der Waals surface area contributed by atoms with Crippen LogP contribution in [0.4, 0.5) is 23.7 Å². The predicted octanol–water partition coefficient (Wildman–Crippen LogP) is 7.82. The lowest BCUT2D eigenvalue weighted by molar-refractivity contribution is -0.137. The third kappa shape index (κ3) is 10.3. The van der Waals surface area contributed by atoms with E-state index in [9.17, 15) is 27.9 Å². The normalized spacial score (nSPS) is 16.2. The first-order chi connectivity index (χ1) is 25.6. The largest absolute Gasteiger partial charge is 0.434 e. The zero-order valence-corrected chi connectivity index (χ0v) is 29.1. The van der Waals surface area contributed by atoms with E-state index in [0.29, 0.717) is 25.9 Å². The van der Waals surface area contributed by atoms with Crippen LogP contribution in [0.2, 0.25) is 0 Å². The minimum atomic E-state index is -4.60. The van der Waals surface area contributed by atoms with Crippen LogP contribution < -0.4 is 10.2 Å². The van der Waals surface area contributed by atoms with E-state index in [-0.39, 0.29) is 24.7 Å². The Balaban J connectivity index is 1.25. The van der Waals surface area contributed by atoms with Gasteiger partial charge in [0.15, 0.2) is 6.10 Å². The van der Waals surface area contributed by atoms with Crippen molar-refractivity contribution in [2.45, 2.75) is 62.8 Å². The van der Waals surface area contributed by atoms with Gasteiger partial charge in [0, 0.05) is 30.9 Å². The molecule has 0 aliphatic carbocycles. The molecule has 6 rings (SSSR count). The summed E-state index contributed by atoms with van der Waals surface area (Å²) in [5, 5.41) is 15.3. The van der Waals surface area contributed by atoms with E-state index >= 15 is 0 Å². The molecular weight excluding hydrogens is 679 g/mol. The van der Waals surface area contributed by atoms with Crippen LogP contribution in [0.5, 0.6) is 0 Å². The molecule has 0 saturated carbocycles. The van der Waals surface area contributed by atoms with Crippen molar-refractivity contribution in [1.82, 2.24) is 10.2 Å². The smallest absolute Gasteiger partial charge is 0.416 e. The molecule has 1 saturated heterocycles. The Labute approximate surface area is 307 Å². The number of nitrogens with one attached hydrogen (secondary N) is 1. The molecule has 53 heavy (non-hydrogen) atoms. The lowest BCUT2D eigenvalue weighted by atomic mass is 9.91. The number of ether oxygens (including phenoxy) is 1. The highest BCUT2D eigenvalue weighted by Gasteiger charge is 2.39. The highest BCUT2D eigenvalue weighted by Crippen LogP contribution is 2.33. The second-order valence-electron chi connectivity index (χ2n) is 13.4. The maximum Gasteiger partial charge on any atom is 0.416 e. The van der Waals surface area contributed by atoms with E-state index < -0.39 is 42.0 Å². The molecule has 0 radical (unpaired) electrons. The fourth-order valence-electron chi connectivity index (χ4n) is 6.79. The van der Waals surface area contributed by atoms with Gasteiger partial charge in [-0.05, 0) is 59.7 Å². The summed E-state index contributed by atoms with van der Waals surface area (Å²) < 4.78 is 45.6. The van der Waals surface area contributed by atoms with Gasteiger partial charge in [-0.1, -0.05) is 127 Å². The molecule has 1 fully saturated rings. The molecule has 2 N–H and O–H groups in total. The second kappa shape index (κ2) is 17.4.